The summed E-state index contributed by atoms with van der Waals surface area (Å²) in [5, 5.41) is 0. The molecule has 1 heterocycles. The van der Waals surface area contributed by atoms with Crippen molar-refractivity contribution in [3.05, 3.63) is 0 Å². The molecular weight excluding hydrogens is 165 g/mol. The van der Waals surface area contributed by atoms with Crippen molar-refractivity contribution in [2.45, 2.75) is 58.5 Å². The summed E-state index contributed by atoms with van der Waals surface area (Å²) in [5.41, 5.74) is 0.678. The molecule has 1 rings (SSSR count). The normalized spacial score (nSPS) is 30.5. The molecule has 72 valence electrons. The molecule has 0 aromatic rings. The molecule has 0 saturated carbocycles. The Morgan fingerprint density at radius 2 is 1.42 bits per heavy atom. The standard InChI is InChI=1S/C10H22NP/c1-8-6-9(2,3)11(12)10(4,5)7-8/h8H,6-7,12H2,1-5H3. The molecule has 0 aromatic heterocycles. The van der Waals surface area contributed by atoms with Crippen molar-refractivity contribution in [1.82, 2.24) is 4.67 Å². The lowest BCUT2D eigenvalue weighted by molar-refractivity contribution is 0.0358. The smallest absolute Gasteiger partial charge is 0.0193 e. The third-order valence-electron chi connectivity index (χ3n) is 3.00. The van der Waals surface area contributed by atoms with Crippen LogP contribution in [0.1, 0.15) is 47.5 Å². The number of rotatable bonds is 0. The highest BCUT2D eigenvalue weighted by molar-refractivity contribution is 7.13. The van der Waals surface area contributed by atoms with Crippen LogP contribution in [-0.2, 0) is 0 Å². The second-order valence-electron chi connectivity index (χ2n) is 5.51. The molecule has 1 aliphatic heterocycles. The topological polar surface area (TPSA) is 3.24 Å². The van der Waals surface area contributed by atoms with Gasteiger partial charge in [-0.1, -0.05) is 16.3 Å². The van der Waals surface area contributed by atoms with Crippen LogP contribution in [0.15, 0.2) is 0 Å². The van der Waals surface area contributed by atoms with Crippen LogP contribution in [0.5, 0.6) is 0 Å². The summed E-state index contributed by atoms with van der Waals surface area (Å²) in [6, 6.07) is 0. The molecule has 1 unspecified atom stereocenters. The SMILES string of the molecule is CC1CC(C)(C)N(P)C(C)(C)C1. The number of hydrogen-bond acceptors (Lipinski definition) is 1. The van der Waals surface area contributed by atoms with Crippen LogP contribution in [0, 0.1) is 5.92 Å². The van der Waals surface area contributed by atoms with Gasteiger partial charge in [0.15, 0.2) is 0 Å². The highest BCUT2D eigenvalue weighted by Gasteiger charge is 2.41. The lowest BCUT2D eigenvalue weighted by Gasteiger charge is -2.52. The first-order valence-electron chi connectivity index (χ1n) is 4.81. The molecule has 0 bridgehead atoms. The van der Waals surface area contributed by atoms with Crippen LogP contribution in [0.3, 0.4) is 0 Å². The summed E-state index contributed by atoms with van der Waals surface area (Å²) in [4.78, 5) is 0. The van der Waals surface area contributed by atoms with Gasteiger partial charge in [-0.15, -0.1) is 0 Å². The van der Waals surface area contributed by atoms with Gasteiger partial charge in [-0.3, -0.25) is 4.67 Å². The van der Waals surface area contributed by atoms with E-state index in [0.29, 0.717) is 11.1 Å². The van der Waals surface area contributed by atoms with Crippen molar-refractivity contribution in [2.24, 2.45) is 5.92 Å². The Labute approximate surface area is 79.2 Å². The first-order chi connectivity index (χ1) is 5.26. The first kappa shape index (κ1) is 10.5. The predicted octanol–water partition coefficient (Wildman–Crippen LogP) is 3.07. The molecule has 0 amide bonds. The van der Waals surface area contributed by atoms with Crippen molar-refractivity contribution in [3.8, 4) is 0 Å². The fourth-order valence-corrected chi connectivity index (χ4v) is 3.00. The van der Waals surface area contributed by atoms with Crippen molar-refractivity contribution in [2.75, 3.05) is 0 Å². The summed E-state index contributed by atoms with van der Waals surface area (Å²) in [6.07, 6.45) is 2.61. The van der Waals surface area contributed by atoms with Gasteiger partial charge in [-0.05, 0) is 46.5 Å². The zero-order valence-corrected chi connectivity index (χ0v) is 10.2. The molecule has 1 aliphatic rings. The molecule has 0 aromatic carbocycles. The zero-order chi connectivity index (χ0) is 9.57. The molecule has 0 N–H and O–H groups in total. The van der Waals surface area contributed by atoms with E-state index >= 15 is 0 Å². The second-order valence-corrected chi connectivity index (χ2v) is 6.02. The fraction of sp³-hybridized carbons (Fsp3) is 1.00. The molecule has 1 fully saturated rings. The van der Waals surface area contributed by atoms with E-state index in [0.717, 1.165) is 5.92 Å². The summed E-state index contributed by atoms with van der Waals surface area (Å²) >= 11 is 0. The largest absolute Gasteiger partial charge is 0.277 e. The van der Waals surface area contributed by atoms with Gasteiger partial charge in [0.05, 0.1) is 0 Å². The van der Waals surface area contributed by atoms with Gasteiger partial charge in [0, 0.05) is 11.1 Å². The molecule has 12 heavy (non-hydrogen) atoms. The first-order valence-corrected chi connectivity index (χ1v) is 5.32. The van der Waals surface area contributed by atoms with Gasteiger partial charge in [0.1, 0.15) is 0 Å². The van der Waals surface area contributed by atoms with Crippen molar-refractivity contribution in [1.29, 1.82) is 0 Å². The molecule has 1 atom stereocenters. The Balaban J connectivity index is 2.84. The van der Waals surface area contributed by atoms with E-state index in [9.17, 15) is 0 Å². The van der Waals surface area contributed by atoms with E-state index in [-0.39, 0.29) is 0 Å². The van der Waals surface area contributed by atoms with E-state index in [1.165, 1.54) is 12.8 Å². The third kappa shape index (κ3) is 1.83. The predicted molar refractivity (Wildman–Crippen MR) is 58.1 cm³/mol. The summed E-state index contributed by atoms with van der Waals surface area (Å²) in [7, 11) is 2.89. The Morgan fingerprint density at radius 1 is 1.08 bits per heavy atom. The van der Waals surface area contributed by atoms with Gasteiger partial charge >= 0.3 is 0 Å². The quantitative estimate of drug-likeness (QED) is 0.527. The van der Waals surface area contributed by atoms with Crippen molar-refractivity contribution < 1.29 is 0 Å². The summed E-state index contributed by atoms with van der Waals surface area (Å²) in [6.45, 7) is 11.7. The average Bonchev–Trinajstić information content (AvgIpc) is 1.80. The van der Waals surface area contributed by atoms with Gasteiger partial charge in [-0.2, -0.15) is 0 Å². The monoisotopic (exact) mass is 187 g/mol. The molecular formula is C10H22NP. The van der Waals surface area contributed by atoms with E-state index in [1.807, 2.05) is 0 Å². The maximum Gasteiger partial charge on any atom is 0.0193 e. The van der Waals surface area contributed by atoms with E-state index < -0.39 is 0 Å². The van der Waals surface area contributed by atoms with Crippen LogP contribution in [-0.4, -0.2) is 15.7 Å². The summed E-state index contributed by atoms with van der Waals surface area (Å²) < 4.78 is 2.44. The van der Waals surface area contributed by atoms with E-state index in [4.69, 9.17) is 0 Å². The minimum atomic E-state index is 0.339. The van der Waals surface area contributed by atoms with Crippen LogP contribution in [0.25, 0.3) is 0 Å². The van der Waals surface area contributed by atoms with Gasteiger partial charge < -0.3 is 0 Å². The highest BCUT2D eigenvalue weighted by Crippen LogP contribution is 2.43. The van der Waals surface area contributed by atoms with Crippen molar-refractivity contribution in [3.63, 3.8) is 0 Å². The number of nitrogens with zero attached hydrogens (tertiary/aromatic N) is 1. The fourth-order valence-electron chi connectivity index (χ4n) is 2.79. The van der Waals surface area contributed by atoms with E-state index in [2.05, 4.69) is 48.7 Å². The van der Waals surface area contributed by atoms with Crippen LogP contribution >= 0.6 is 9.39 Å². The number of hydrogen-bond donors (Lipinski definition) is 0. The maximum absolute atomic E-state index is 2.89. The Bertz CT molecular complexity index is 157. The van der Waals surface area contributed by atoms with Gasteiger partial charge in [0.25, 0.3) is 0 Å². The number of piperidine rings is 1. The Hall–Kier alpha value is 0.390. The third-order valence-corrected chi connectivity index (χ3v) is 4.40. The Kier molecular flexibility index (Phi) is 2.58. The van der Waals surface area contributed by atoms with Gasteiger partial charge in [0.2, 0.25) is 0 Å². The van der Waals surface area contributed by atoms with Crippen LogP contribution in [0.4, 0.5) is 0 Å². The molecule has 0 radical (unpaired) electrons. The molecule has 1 saturated heterocycles. The minimum absolute atomic E-state index is 0.339. The lowest BCUT2D eigenvalue weighted by Crippen LogP contribution is -2.55. The molecule has 0 spiro atoms. The summed E-state index contributed by atoms with van der Waals surface area (Å²) in [5.74, 6) is 0.854. The second kappa shape index (κ2) is 2.96. The molecule has 0 aliphatic carbocycles. The molecule has 1 nitrogen and oxygen atoms in total. The highest BCUT2D eigenvalue weighted by atomic mass is 31.0. The van der Waals surface area contributed by atoms with Gasteiger partial charge in [-0.25, -0.2) is 0 Å². The molecule has 2 heteroatoms. The van der Waals surface area contributed by atoms with Crippen LogP contribution in [0.2, 0.25) is 0 Å². The zero-order valence-electron chi connectivity index (χ0n) is 9.02. The Morgan fingerprint density at radius 3 is 1.75 bits per heavy atom. The van der Waals surface area contributed by atoms with Crippen molar-refractivity contribution >= 4 is 9.39 Å². The average molecular weight is 187 g/mol. The lowest BCUT2D eigenvalue weighted by atomic mass is 9.77. The van der Waals surface area contributed by atoms with E-state index in [1.54, 1.807) is 0 Å². The van der Waals surface area contributed by atoms with Crippen LogP contribution < -0.4 is 0 Å². The maximum atomic E-state index is 2.89. The minimum Gasteiger partial charge on any atom is -0.277 e.